The molecule has 0 spiro atoms. The normalized spacial score (nSPS) is 12.1. The molecule has 154 valence electrons. The standard InChI is InChI=1S/C21H38N4O2/c1-2-27-21(26)18-20(19-10-4-3-5-11-19)25-17-9-16-24-14-7-6-13-23-15-8-12-22/h3-5,10-11,20,23-25H,2,6-9,12-18,22H2,1H3/t20-/m1/s1. The van der Waals surface area contributed by atoms with Crippen molar-refractivity contribution in [3.63, 3.8) is 0 Å². The van der Waals surface area contributed by atoms with Crippen LogP contribution >= 0.6 is 0 Å². The molecule has 0 radical (unpaired) electrons. The topological polar surface area (TPSA) is 88.4 Å². The van der Waals surface area contributed by atoms with Gasteiger partial charge in [-0.1, -0.05) is 30.3 Å². The lowest BCUT2D eigenvalue weighted by Gasteiger charge is -2.18. The fourth-order valence-electron chi connectivity index (χ4n) is 2.85. The molecule has 6 heteroatoms. The van der Waals surface area contributed by atoms with Crippen LogP contribution in [-0.4, -0.2) is 51.8 Å². The summed E-state index contributed by atoms with van der Waals surface area (Å²) in [5, 5.41) is 10.4. The van der Waals surface area contributed by atoms with Gasteiger partial charge >= 0.3 is 5.97 Å². The first-order valence-electron chi connectivity index (χ1n) is 10.3. The van der Waals surface area contributed by atoms with Crippen LogP contribution < -0.4 is 21.7 Å². The zero-order valence-electron chi connectivity index (χ0n) is 16.8. The minimum Gasteiger partial charge on any atom is -0.466 e. The predicted octanol–water partition coefficient (Wildman–Crippen LogP) is 1.97. The van der Waals surface area contributed by atoms with Crippen LogP contribution in [0.5, 0.6) is 0 Å². The molecule has 1 aromatic rings. The Morgan fingerprint density at radius 2 is 1.59 bits per heavy atom. The zero-order valence-corrected chi connectivity index (χ0v) is 16.8. The second-order valence-corrected chi connectivity index (χ2v) is 6.63. The Labute approximate surface area is 164 Å². The highest BCUT2D eigenvalue weighted by atomic mass is 16.5. The third-order valence-electron chi connectivity index (χ3n) is 4.31. The third kappa shape index (κ3) is 12.5. The molecule has 0 saturated heterocycles. The maximum absolute atomic E-state index is 11.9. The van der Waals surface area contributed by atoms with Crippen molar-refractivity contribution in [3.8, 4) is 0 Å². The summed E-state index contributed by atoms with van der Waals surface area (Å²) in [4.78, 5) is 11.9. The predicted molar refractivity (Wildman–Crippen MR) is 112 cm³/mol. The van der Waals surface area contributed by atoms with Crippen LogP contribution in [-0.2, 0) is 9.53 Å². The lowest BCUT2D eigenvalue weighted by Crippen LogP contribution is -2.28. The Hall–Kier alpha value is -1.47. The molecule has 0 aliphatic carbocycles. The van der Waals surface area contributed by atoms with E-state index in [1.54, 1.807) is 0 Å². The molecule has 0 amide bonds. The van der Waals surface area contributed by atoms with Crippen LogP contribution in [0.15, 0.2) is 30.3 Å². The van der Waals surface area contributed by atoms with Gasteiger partial charge in [0, 0.05) is 6.04 Å². The number of rotatable bonds is 17. The number of unbranched alkanes of at least 4 members (excludes halogenated alkanes) is 1. The molecular weight excluding hydrogens is 340 g/mol. The average Bonchev–Trinajstić information content (AvgIpc) is 2.69. The van der Waals surface area contributed by atoms with Crippen molar-refractivity contribution in [1.29, 1.82) is 0 Å². The monoisotopic (exact) mass is 378 g/mol. The van der Waals surface area contributed by atoms with E-state index in [-0.39, 0.29) is 12.0 Å². The number of benzene rings is 1. The minimum absolute atomic E-state index is 0.00449. The summed E-state index contributed by atoms with van der Waals surface area (Å²) in [6.07, 6.45) is 4.80. The van der Waals surface area contributed by atoms with E-state index in [1.807, 2.05) is 25.1 Å². The number of nitrogens with two attached hydrogens (primary N) is 1. The van der Waals surface area contributed by atoms with Crippen LogP contribution in [0.2, 0.25) is 0 Å². The number of hydrogen-bond donors (Lipinski definition) is 4. The quantitative estimate of drug-likeness (QED) is 0.245. The van der Waals surface area contributed by atoms with Gasteiger partial charge in [0.15, 0.2) is 0 Å². The molecule has 0 unspecified atom stereocenters. The lowest BCUT2D eigenvalue weighted by atomic mass is 10.0. The molecule has 1 aromatic carbocycles. The Bertz CT molecular complexity index is 471. The summed E-state index contributed by atoms with van der Waals surface area (Å²) in [7, 11) is 0. The lowest BCUT2D eigenvalue weighted by molar-refractivity contribution is -0.143. The fraction of sp³-hybridized carbons (Fsp3) is 0.667. The third-order valence-corrected chi connectivity index (χ3v) is 4.31. The van der Waals surface area contributed by atoms with Crippen LogP contribution in [0, 0.1) is 0 Å². The van der Waals surface area contributed by atoms with Crippen LogP contribution in [0.25, 0.3) is 0 Å². The van der Waals surface area contributed by atoms with Gasteiger partial charge in [-0.05, 0) is 77.4 Å². The first-order chi connectivity index (χ1) is 13.3. The highest BCUT2D eigenvalue weighted by molar-refractivity contribution is 5.70. The summed E-state index contributed by atoms with van der Waals surface area (Å²) in [5.41, 5.74) is 6.59. The molecule has 0 aromatic heterocycles. The van der Waals surface area contributed by atoms with Crippen LogP contribution in [0.4, 0.5) is 0 Å². The second kappa shape index (κ2) is 16.7. The van der Waals surface area contributed by atoms with E-state index in [0.29, 0.717) is 13.0 Å². The summed E-state index contributed by atoms with van der Waals surface area (Å²) >= 11 is 0. The van der Waals surface area contributed by atoms with Crippen molar-refractivity contribution in [2.45, 2.75) is 45.1 Å². The highest BCUT2D eigenvalue weighted by Crippen LogP contribution is 2.17. The average molecular weight is 379 g/mol. The number of esters is 1. The van der Waals surface area contributed by atoms with E-state index < -0.39 is 0 Å². The van der Waals surface area contributed by atoms with Crippen molar-refractivity contribution in [3.05, 3.63) is 35.9 Å². The summed E-state index contributed by atoms with van der Waals surface area (Å²) in [6, 6.07) is 10.1. The van der Waals surface area contributed by atoms with Crippen LogP contribution in [0.1, 0.15) is 50.6 Å². The minimum atomic E-state index is -0.156. The molecule has 0 fully saturated rings. The van der Waals surface area contributed by atoms with E-state index in [9.17, 15) is 4.79 Å². The second-order valence-electron chi connectivity index (χ2n) is 6.63. The van der Waals surface area contributed by atoms with Gasteiger partial charge in [-0.25, -0.2) is 0 Å². The van der Waals surface area contributed by atoms with Gasteiger partial charge in [0.25, 0.3) is 0 Å². The smallest absolute Gasteiger partial charge is 0.307 e. The van der Waals surface area contributed by atoms with Gasteiger partial charge in [-0.2, -0.15) is 0 Å². The van der Waals surface area contributed by atoms with Gasteiger partial charge in [0.1, 0.15) is 0 Å². The number of nitrogens with one attached hydrogen (secondary N) is 3. The molecule has 0 heterocycles. The van der Waals surface area contributed by atoms with Crippen molar-refractivity contribution >= 4 is 5.97 Å². The molecule has 1 atom stereocenters. The summed E-state index contributed by atoms with van der Waals surface area (Å²) in [5.74, 6) is -0.156. The van der Waals surface area contributed by atoms with Gasteiger partial charge in [-0.3, -0.25) is 4.79 Å². The van der Waals surface area contributed by atoms with E-state index in [2.05, 4.69) is 28.1 Å². The Morgan fingerprint density at radius 3 is 2.22 bits per heavy atom. The Kier molecular flexibility index (Phi) is 14.6. The SMILES string of the molecule is CCOC(=O)C[C@@H](NCCCNCCCCNCCCN)c1ccccc1. The Morgan fingerprint density at radius 1 is 0.963 bits per heavy atom. The van der Waals surface area contributed by atoms with Crippen molar-refractivity contribution in [2.75, 3.05) is 45.9 Å². The van der Waals surface area contributed by atoms with Crippen molar-refractivity contribution < 1.29 is 9.53 Å². The first-order valence-corrected chi connectivity index (χ1v) is 10.3. The molecule has 5 N–H and O–H groups in total. The van der Waals surface area contributed by atoms with Gasteiger partial charge in [-0.15, -0.1) is 0 Å². The van der Waals surface area contributed by atoms with E-state index in [4.69, 9.17) is 10.5 Å². The highest BCUT2D eigenvalue weighted by Gasteiger charge is 2.15. The number of carbonyl (C=O) groups excluding carboxylic acids is 1. The van der Waals surface area contributed by atoms with Gasteiger partial charge in [0.2, 0.25) is 0 Å². The largest absolute Gasteiger partial charge is 0.466 e. The molecular formula is C21H38N4O2. The maximum atomic E-state index is 11.9. The molecule has 6 nitrogen and oxygen atoms in total. The van der Waals surface area contributed by atoms with Gasteiger partial charge in [0.05, 0.1) is 13.0 Å². The molecule has 0 bridgehead atoms. The first kappa shape index (κ1) is 23.6. The van der Waals surface area contributed by atoms with Crippen LogP contribution in [0.3, 0.4) is 0 Å². The fourth-order valence-corrected chi connectivity index (χ4v) is 2.85. The number of hydrogen-bond acceptors (Lipinski definition) is 6. The maximum Gasteiger partial charge on any atom is 0.307 e. The molecule has 1 rings (SSSR count). The van der Waals surface area contributed by atoms with E-state index >= 15 is 0 Å². The van der Waals surface area contributed by atoms with E-state index in [0.717, 1.165) is 57.7 Å². The Balaban J connectivity index is 2.12. The van der Waals surface area contributed by atoms with Crippen molar-refractivity contribution in [2.24, 2.45) is 5.73 Å². The van der Waals surface area contributed by atoms with E-state index in [1.165, 1.54) is 12.8 Å². The van der Waals surface area contributed by atoms with Crippen molar-refractivity contribution in [1.82, 2.24) is 16.0 Å². The summed E-state index contributed by atoms with van der Waals surface area (Å²) in [6.45, 7) is 8.00. The van der Waals surface area contributed by atoms with Gasteiger partial charge < -0.3 is 26.4 Å². The molecule has 0 aliphatic rings. The molecule has 0 aliphatic heterocycles. The number of ether oxygens (including phenoxy) is 1. The number of carbonyl (C=O) groups is 1. The zero-order chi connectivity index (χ0) is 19.6. The molecule has 0 saturated carbocycles. The molecule has 27 heavy (non-hydrogen) atoms. The summed E-state index contributed by atoms with van der Waals surface area (Å²) < 4.78 is 5.10.